The molecule has 7 nitrogen and oxygen atoms in total. The molecule has 1 aromatic heterocycles. The van der Waals surface area contributed by atoms with Crippen molar-refractivity contribution in [2.24, 2.45) is 0 Å². The highest BCUT2D eigenvalue weighted by molar-refractivity contribution is 5.96. The second-order valence-electron chi connectivity index (χ2n) is 10.0. The van der Waals surface area contributed by atoms with Crippen LogP contribution in [-0.4, -0.2) is 64.9 Å². The molecule has 10 heteroatoms. The minimum atomic E-state index is -0.589. The lowest BCUT2D eigenvalue weighted by Gasteiger charge is -2.38. The lowest BCUT2D eigenvalue weighted by molar-refractivity contribution is -0.0503. The monoisotopic (exact) mass is 538 g/mol. The maximum absolute atomic E-state index is 13.4. The summed E-state index contributed by atoms with van der Waals surface area (Å²) in [6.07, 6.45) is 2.74. The summed E-state index contributed by atoms with van der Waals surface area (Å²) >= 11 is 0. The summed E-state index contributed by atoms with van der Waals surface area (Å²) in [5.74, 6) is -1.96. The largest absolute Gasteiger partial charge is 0.370 e. The summed E-state index contributed by atoms with van der Waals surface area (Å²) in [5.41, 5.74) is 2.07. The van der Waals surface area contributed by atoms with E-state index in [2.05, 4.69) is 15.2 Å². The number of pyridine rings is 1. The highest BCUT2D eigenvalue weighted by Crippen LogP contribution is 2.19. The van der Waals surface area contributed by atoms with Crippen molar-refractivity contribution in [1.82, 2.24) is 20.1 Å². The van der Waals surface area contributed by atoms with Crippen molar-refractivity contribution in [2.75, 3.05) is 26.2 Å². The van der Waals surface area contributed by atoms with Gasteiger partial charge in [-0.1, -0.05) is 12.1 Å². The van der Waals surface area contributed by atoms with E-state index < -0.39 is 11.6 Å². The number of amides is 2. The minimum Gasteiger partial charge on any atom is -0.370 e. The number of piperidine rings is 1. The van der Waals surface area contributed by atoms with Crippen molar-refractivity contribution in [3.63, 3.8) is 0 Å². The van der Waals surface area contributed by atoms with Gasteiger partial charge in [0.15, 0.2) is 0 Å². The second-order valence-corrected chi connectivity index (χ2v) is 10.0. The van der Waals surface area contributed by atoms with E-state index in [1.807, 2.05) is 0 Å². The van der Waals surface area contributed by atoms with Gasteiger partial charge < -0.3 is 15.0 Å². The molecule has 0 atom stereocenters. The topological polar surface area (TPSA) is 74.8 Å². The number of halogens is 3. The van der Waals surface area contributed by atoms with Crippen LogP contribution in [0.25, 0.3) is 0 Å². The molecule has 0 aliphatic carbocycles. The van der Waals surface area contributed by atoms with Gasteiger partial charge in [-0.05, 0) is 60.4 Å². The third-order valence-corrected chi connectivity index (χ3v) is 7.03. The number of hydrogen-bond donors (Lipinski definition) is 1. The number of nitrogens with one attached hydrogen (secondary N) is 1. The maximum atomic E-state index is 13.4. The molecular formula is C29H29F3N4O3. The molecule has 0 unspecified atom stereocenters. The van der Waals surface area contributed by atoms with E-state index in [9.17, 15) is 22.8 Å². The van der Waals surface area contributed by atoms with Crippen molar-refractivity contribution < 1.29 is 27.5 Å². The van der Waals surface area contributed by atoms with Gasteiger partial charge in [0.2, 0.25) is 0 Å². The number of hydrogen-bond acceptors (Lipinski definition) is 5. The van der Waals surface area contributed by atoms with Crippen LogP contribution >= 0.6 is 0 Å². The fourth-order valence-corrected chi connectivity index (χ4v) is 4.80. The molecule has 1 N–H and O–H groups in total. The highest BCUT2D eigenvalue weighted by Gasteiger charge is 2.32. The van der Waals surface area contributed by atoms with Crippen LogP contribution in [0.15, 0.2) is 60.8 Å². The lowest BCUT2D eigenvalue weighted by Crippen LogP contribution is -2.54. The summed E-state index contributed by atoms with van der Waals surface area (Å²) in [6.45, 7) is 3.09. The molecule has 204 valence electrons. The summed E-state index contributed by atoms with van der Waals surface area (Å²) < 4.78 is 45.6. The molecule has 0 radical (unpaired) electrons. The van der Waals surface area contributed by atoms with Crippen LogP contribution in [0.4, 0.5) is 13.2 Å². The average molecular weight is 539 g/mol. The fraction of sp³-hybridized carbons (Fsp3) is 0.345. The Kier molecular flexibility index (Phi) is 8.23. The van der Waals surface area contributed by atoms with E-state index in [0.717, 1.165) is 11.6 Å². The van der Waals surface area contributed by atoms with Gasteiger partial charge in [0.25, 0.3) is 11.8 Å². The number of carbonyl (C=O) groups excluding carboxylic acids is 2. The Balaban J connectivity index is 1.04. The van der Waals surface area contributed by atoms with Gasteiger partial charge in [-0.25, -0.2) is 13.2 Å². The molecule has 39 heavy (non-hydrogen) atoms. The Bertz CT molecular complexity index is 1290. The van der Waals surface area contributed by atoms with Gasteiger partial charge in [-0.2, -0.15) is 0 Å². The predicted octanol–water partition coefficient (Wildman–Crippen LogP) is 3.93. The van der Waals surface area contributed by atoms with Crippen molar-refractivity contribution >= 4 is 11.8 Å². The van der Waals surface area contributed by atoms with E-state index in [1.54, 1.807) is 29.2 Å². The van der Waals surface area contributed by atoms with Crippen molar-refractivity contribution in [3.05, 3.63) is 101 Å². The molecule has 0 spiro atoms. The van der Waals surface area contributed by atoms with Crippen molar-refractivity contribution in [3.8, 4) is 0 Å². The van der Waals surface area contributed by atoms with Crippen LogP contribution in [0, 0.1) is 17.5 Å². The number of likely N-dealkylation sites (tertiary alicyclic amines) is 2. The zero-order valence-electron chi connectivity index (χ0n) is 21.3. The zero-order valence-corrected chi connectivity index (χ0v) is 21.3. The van der Waals surface area contributed by atoms with Gasteiger partial charge >= 0.3 is 0 Å². The molecule has 0 saturated carbocycles. The fourth-order valence-electron chi connectivity index (χ4n) is 4.80. The molecule has 3 heterocycles. The molecule has 2 saturated heterocycles. The Labute approximate surface area is 224 Å². The number of rotatable bonds is 8. The SMILES string of the molecule is O=C(NC1CCN(Cc2cc(F)cc(F)c2)CC1)c1ccc(C(=O)N2CC(OCc3ccc(F)cc3)C2)cn1. The molecule has 2 fully saturated rings. The van der Waals surface area contributed by atoms with Crippen LogP contribution in [0.2, 0.25) is 0 Å². The first-order valence-corrected chi connectivity index (χ1v) is 12.9. The van der Waals surface area contributed by atoms with E-state index in [1.165, 1.54) is 30.5 Å². The van der Waals surface area contributed by atoms with Crippen molar-refractivity contribution in [1.29, 1.82) is 0 Å². The summed E-state index contributed by atoms with van der Waals surface area (Å²) in [7, 11) is 0. The first-order valence-electron chi connectivity index (χ1n) is 12.9. The Morgan fingerprint density at radius 1 is 0.897 bits per heavy atom. The van der Waals surface area contributed by atoms with Gasteiger partial charge in [0.05, 0.1) is 18.3 Å². The Morgan fingerprint density at radius 2 is 1.59 bits per heavy atom. The smallest absolute Gasteiger partial charge is 0.270 e. The van der Waals surface area contributed by atoms with Gasteiger partial charge in [-0.15, -0.1) is 0 Å². The Morgan fingerprint density at radius 3 is 2.23 bits per heavy atom. The quantitative estimate of drug-likeness (QED) is 0.471. The second kappa shape index (κ2) is 12.0. The van der Waals surface area contributed by atoms with E-state index in [-0.39, 0.29) is 35.5 Å². The third kappa shape index (κ3) is 7.01. The van der Waals surface area contributed by atoms with E-state index in [0.29, 0.717) is 63.3 Å². The molecule has 2 amide bonds. The van der Waals surface area contributed by atoms with E-state index >= 15 is 0 Å². The number of aromatic nitrogens is 1. The number of nitrogens with zero attached hydrogens (tertiary/aromatic N) is 3. The van der Waals surface area contributed by atoms with Crippen LogP contribution in [0.3, 0.4) is 0 Å². The van der Waals surface area contributed by atoms with Crippen LogP contribution in [0.5, 0.6) is 0 Å². The first-order chi connectivity index (χ1) is 18.8. The van der Waals surface area contributed by atoms with Gasteiger partial charge in [0.1, 0.15) is 23.1 Å². The third-order valence-electron chi connectivity index (χ3n) is 7.03. The minimum absolute atomic E-state index is 0.0333. The van der Waals surface area contributed by atoms with Crippen LogP contribution in [-0.2, 0) is 17.9 Å². The van der Waals surface area contributed by atoms with Gasteiger partial charge in [0, 0.05) is 51.0 Å². The molecule has 3 aromatic rings. The number of carbonyl (C=O) groups is 2. The standard InChI is InChI=1S/C29H29F3N4O3/c30-22-4-1-19(2-5-22)18-39-26-16-36(17-26)29(38)21-3-6-27(33-14-21)28(37)34-25-7-9-35(10-8-25)15-20-11-23(31)13-24(32)12-20/h1-6,11-14,25-26H,7-10,15-18H2,(H,34,37). The average Bonchev–Trinajstić information content (AvgIpc) is 2.89. The van der Waals surface area contributed by atoms with Gasteiger partial charge in [-0.3, -0.25) is 19.5 Å². The molecule has 2 aromatic carbocycles. The maximum Gasteiger partial charge on any atom is 0.270 e. The molecule has 5 rings (SSSR count). The Hall–Kier alpha value is -3.76. The molecule has 2 aliphatic heterocycles. The highest BCUT2D eigenvalue weighted by atomic mass is 19.1. The molecular weight excluding hydrogens is 509 g/mol. The zero-order chi connectivity index (χ0) is 27.4. The molecule has 2 aliphatic rings. The summed E-state index contributed by atoms with van der Waals surface area (Å²) in [5, 5.41) is 2.99. The summed E-state index contributed by atoms with van der Waals surface area (Å²) in [4.78, 5) is 33.4. The predicted molar refractivity (Wildman–Crippen MR) is 137 cm³/mol. The van der Waals surface area contributed by atoms with Crippen LogP contribution in [0.1, 0.15) is 44.8 Å². The van der Waals surface area contributed by atoms with Crippen LogP contribution < -0.4 is 5.32 Å². The summed E-state index contributed by atoms with van der Waals surface area (Å²) in [6, 6.07) is 12.7. The van der Waals surface area contributed by atoms with E-state index in [4.69, 9.17) is 4.74 Å². The molecule has 0 bridgehead atoms. The normalized spacial score (nSPS) is 16.6. The first kappa shape index (κ1) is 26.8. The lowest BCUT2D eigenvalue weighted by atomic mass is 10.0. The number of benzene rings is 2. The number of ether oxygens (including phenoxy) is 1. The van der Waals surface area contributed by atoms with Crippen molar-refractivity contribution in [2.45, 2.75) is 38.1 Å².